The molecule has 1 aliphatic carbocycles. The smallest absolute Gasteiger partial charge is 0.225 e. The van der Waals surface area contributed by atoms with Crippen LogP contribution in [0, 0.1) is 17.8 Å². The third-order valence-electron chi connectivity index (χ3n) is 6.06. The van der Waals surface area contributed by atoms with E-state index in [1.165, 1.54) is 6.42 Å². The molecule has 1 unspecified atom stereocenters. The number of nitrogens with one attached hydrogen (secondary N) is 1. The molecular weight excluding hydrogens is 340 g/mol. The Morgan fingerprint density at radius 1 is 1.11 bits per heavy atom. The fraction of sp³-hybridized carbons (Fsp3) is 0.636. The van der Waals surface area contributed by atoms with Gasteiger partial charge in [-0.05, 0) is 50.5 Å². The summed E-state index contributed by atoms with van der Waals surface area (Å²) in [5.74, 6) is 1.94. The number of para-hydroxylation sites is 1. The van der Waals surface area contributed by atoms with Crippen LogP contribution in [0.4, 0.5) is 0 Å². The first kappa shape index (κ1) is 19.7. The molecule has 0 aromatic heterocycles. The fourth-order valence-electron chi connectivity index (χ4n) is 4.43. The molecule has 2 aliphatic rings. The number of carbonyl (C=O) groups excluding carboxylic acids is 2. The van der Waals surface area contributed by atoms with Gasteiger partial charge in [0, 0.05) is 37.0 Å². The minimum absolute atomic E-state index is 0.0176. The molecule has 1 N–H and O–H groups in total. The maximum absolute atomic E-state index is 12.8. The molecule has 1 aliphatic heterocycles. The maximum atomic E-state index is 12.8. The average molecular weight is 373 g/mol. The van der Waals surface area contributed by atoms with Gasteiger partial charge in [-0.15, -0.1) is 0 Å². The van der Waals surface area contributed by atoms with Crippen LogP contribution in [-0.2, 0) is 16.1 Å². The number of amides is 2. The molecular formula is C22H32N2O3. The van der Waals surface area contributed by atoms with Crippen LogP contribution in [0.5, 0.6) is 5.75 Å². The van der Waals surface area contributed by atoms with Crippen molar-refractivity contribution in [3.05, 3.63) is 29.8 Å². The van der Waals surface area contributed by atoms with E-state index in [1.54, 1.807) is 7.11 Å². The first-order valence-corrected chi connectivity index (χ1v) is 10.3. The number of hydrogen-bond donors (Lipinski definition) is 1. The highest BCUT2D eigenvalue weighted by Crippen LogP contribution is 2.31. The molecule has 1 aromatic carbocycles. The Morgan fingerprint density at radius 2 is 1.81 bits per heavy atom. The molecule has 5 nitrogen and oxygen atoms in total. The largest absolute Gasteiger partial charge is 0.496 e. The molecule has 0 radical (unpaired) electrons. The number of ether oxygens (including phenoxy) is 1. The fourth-order valence-corrected chi connectivity index (χ4v) is 4.43. The summed E-state index contributed by atoms with van der Waals surface area (Å²) in [5, 5.41) is 3.04. The topological polar surface area (TPSA) is 58.6 Å². The second kappa shape index (κ2) is 9.25. The maximum Gasteiger partial charge on any atom is 0.225 e. The van der Waals surface area contributed by atoms with Crippen LogP contribution in [0.25, 0.3) is 0 Å². The molecule has 3 rings (SSSR count). The highest BCUT2D eigenvalue weighted by molar-refractivity contribution is 5.81. The van der Waals surface area contributed by atoms with E-state index in [0.29, 0.717) is 18.4 Å². The van der Waals surface area contributed by atoms with Gasteiger partial charge in [-0.25, -0.2) is 0 Å². The van der Waals surface area contributed by atoms with Crippen molar-refractivity contribution in [2.75, 3.05) is 20.2 Å². The molecule has 1 saturated heterocycles. The van der Waals surface area contributed by atoms with Crippen LogP contribution in [0.2, 0.25) is 0 Å². The molecule has 1 saturated carbocycles. The summed E-state index contributed by atoms with van der Waals surface area (Å²) in [6.07, 6.45) is 5.61. The lowest BCUT2D eigenvalue weighted by Gasteiger charge is -2.35. The second-order valence-electron chi connectivity index (χ2n) is 8.11. The SMILES string of the molecule is COc1ccccc1CNC(=O)C1CCC(C(=O)N2CCCC(C)C2)CC1. The number of carbonyl (C=O) groups is 2. The summed E-state index contributed by atoms with van der Waals surface area (Å²) in [6, 6.07) is 7.74. The van der Waals surface area contributed by atoms with E-state index in [1.807, 2.05) is 24.3 Å². The number of methoxy groups -OCH3 is 1. The van der Waals surface area contributed by atoms with Gasteiger partial charge in [0.05, 0.1) is 7.11 Å². The molecule has 2 amide bonds. The summed E-state index contributed by atoms with van der Waals surface area (Å²) in [7, 11) is 1.64. The average Bonchev–Trinajstić information content (AvgIpc) is 2.71. The Bertz CT molecular complexity index is 653. The quantitative estimate of drug-likeness (QED) is 0.862. The lowest BCUT2D eigenvalue weighted by Crippen LogP contribution is -2.44. The third kappa shape index (κ3) is 5.02. The number of likely N-dealkylation sites (tertiary alicyclic amines) is 1. The summed E-state index contributed by atoms with van der Waals surface area (Å²) in [6.45, 7) is 4.51. The van der Waals surface area contributed by atoms with E-state index in [0.717, 1.165) is 56.5 Å². The summed E-state index contributed by atoms with van der Waals surface area (Å²) < 4.78 is 5.34. The van der Waals surface area contributed by atoms with Crippen molar-refractivity contribution in [3.8, 4) is 5.75 Å². The predicted molar refractivity (Wildman–Crippen MR) is 105 cm³/mol. The molecule has 0 spiro atoms. The van der Waals surface area contributed by atoms with Crippen molar-refractivity contribution in [1.29, 1.82) is 0 Å². The van der Waals surface area contributed by atoms with Crippen LogP contribution >= 0.6 is 0 Å². The van der Waals surface area contributed by atoms with Crippen molar-refractivity contribution in [2.24, 2.45) is 17.8 Å². The van der Waals surface area contributed by atoms with E-state index in [2.05, 4.69) is 17.1 Å². The second-order valence-corrected chi connectivity index (χ2v) is 8.11. The Balaban J connectivity index is 1.45. The number of hydrogen-bond acceptors (Lipinski definition) is 3. The number of rotatable bonds is 5. The lowest BCUT2D eigenvalue weighted by atomic mass is 9.80. The van der Waals surface area contributed by atoms with Crippen LogP contribution in [0.3, 0.4) is 0 Å². The van der Waals surface area contributed by atoms with Gasteiger partial charge in [0.1, 0.15) is 5.75 Å². The Morgan fingerprint density at radius 3 is 2.52 bits per heavy atom. The van der Waals surface area contributed by atoms with Gasteiger partial charge in [0.2, 0.25) is 11.8 Å². The number of piperidine rings is 1. The van der Waals surface area contributed by atoms with E-state index in [9.17, 15) is 9.59 Å². The first-order valence-electron chi connectivity index (χ1n) is 10.3. The van der Waals surface area contributed by atoms with Crippen LogP contribution < -0.4 is 10.1 Å². The van der Waals surface area contributed by atoms with Crippen LogP contribution in [-0.4, -0.2) is 36.9 Å². The molecule has 2 fully saturated rings. The van der Waals surface area contributed by atoms with Gasteiger partial charge < -0.3 is 15.0 Å². The number of benzene rings is 1. The Labute approximate surface area is 162 Å². The summed E-state index contributed by atoms with van der Waals surface area (Å²) in [5.41, 5.74) is 0.983. The molecule has 1 atom stereocenters. The van der Waals surface area contributed by atoms with Gasteiger partial charge >= 0.3 is 0 Å². The molecule has 1 aromatic rings. The van der Waals surface area contributed by atoms with Crippen molar-refractivity contribution >= 4 is 11.8 Å². The lowest BCUT2D eigenvalue weighted by molar-refractivity contribution is -0.140. The van der Waals surface area contributed by atoms with Crippen molar-refractivity contribution in [3.63, 3.8) is 0 Å². The monoisotopic (exact) mass is 372 g/mol. The van der Waals surface area contributed by atoms with E-state index >= 15 is 0 Å². The zero-order chi connectivity index (χ0) is 19.2. The highest BCUT2D eigenvalue weighted by Gasteiger charge is 2.33. The van der Waals surface area contributed by atoms with Crippen molar-refractivity contribution in [1.82, 2.24) is 10.2 Å². The molecule has 1 heterocycles. The van der Waals surface area contributed by atoms with Gasteiger partial charge in [-0.1, -0.05) is 25.1 Å². The molecule has 0 bridgehead atoms. The van der Waals surface area contributed by atoms with E-state index < -0.39 is 0 Å². The zero-order valence-corrected chi connectivity index (χ0v) is 16.6. The number of nitrogens with zero attached hydrogens (tertiary/aromatic N) is 1. The first-order chi connectivity index (χ1) is 13.1. The van der Waals surface area contributed by atoms with Gasteiger partial charge in [-0.2, -0.15) is 0 Å². The Hall–Kier alpha value is -2.04. The zero-order valence-electron chi connectivity index (χ0n) is 16.6. The molecule has 5 heteroatoms. The van der Waals surface area contributed by atoms with Gasteiger partial charge in [0.25, 0.3) is 0 Å². The minimum atomic E-state index is 0.0176. The highest BCUT2D eigenvalue weighted by atomic mass is 16.5. The third-order valence-corrected chi connectivity index (χ3v) is 6.06. The van der Waals surface area contributed by atoms with Gasteiger partial charge in [0.15, 0.2) is 0 Å². The Kier molecular flexibility index (Phi) is 6.75. The standard InChI is InChI=1S/C22H32N2O3/c1-16-6-5-13-24(15-16)22(26)18-11-9-17(10-12-18)21(25)23-14-19-7-3-4-8-20(19)27-2/h3-4,7-8,16-18H,5-6,9-15H2,1-2H3,(H,23,25). The van der Waals surface area contributed by atoms with Crippen LogP contribution in [0.1, 0.15) is 51.0 Å². The molecule has 148 valence electrons. The predicted octanol–water partition coefficient (Wildman–Crippen LogP) is 3.38. The van der Waals surface area contributed by atoms with E-state index in [-0.39, 0.29) is 17.7 Å². The molecule has 27 heavy (non-hydrogen) atoms. The van der Waals surface area contributed by atoms with E-state index in [4.69, 9.17) is 4.74 Å². The van der Waals surface area contributed by atoms with Crippen molar-refractivity contribution < 1.29 is 14.3 Å². The normalized spacial score (nSPS) is 25.7. The van der Waals surface area contributed by atoms with Gasteiger partial charge in [-0.3, -0.25) is 9.59 Å². The summed E-state index contributed by atoms with van der Waals surface area (Å²) >= 11 is 0. The summed E-state index contributed by atoms with van der Waals surface area (Å²) in [4.78, 5) is 27.4. The van der Waals surface area contributed by atoms with Crippen LogP contribution in [0.15, 0.2) is 24.3 Å². The van der Waals surface area contributed by atoms with Crippen molar-refractivity contribution in [2.45, 2.75) is 52.0 Å². The minimum Gasteiger partial charge on any atom is -0.496 e.